The number of aromatic nitrogens is 2. The normalized spacial score (nSPS) is 10.3. The second-order valence-electron chi connectivity index (χ2n) is 4.56. The van der Waals surface area contributed by atoms with Gasteiger partial charge in [-0.15, -0.1) is 0 Å². The fourth-order valence-electron chi connectivity index (χ4n) is 2.24. The van der Waals surface area contributed by atoms with E-state index in [0.717, 1.165) is 0 Å². The summed E-state index contributed by atoms with van der Waals surface area (Å²) in [6, 6.07) is 15.1. The first-order valence-electron chi connectivity index (χ1n) is 6.37. The van der Waals surface area contributed by atoms with Gasteiger partial charge in [0.25, 0.3) is 5.56 Å². The molecule has 22 heavy (non-hydrogen) atoms. The molecule has 0 unspecified atom stereocenters. The highest BCUT2D eigenvalue weighted by atomic mass is 16.4. The summed E-state index contributed by atoms with van der Waals surface area (Å²) in [7, 11) is 0. The number of hydrogen-bond donors (Lipinski definition) is 1. The number of aromatic carboxylic acids is 1. The molecule has 106 valence electrons. The van der Waals surface area contributed by atoms with E-state index in [1.54, 1.807) is 42.5 Å². The van der Waals surface area contributed by atoms with E-state index in [1.165, 1.54) is 10.6 Å². The highest BCUT2D eigenvalue weighted by molar-refractivity contribution is 5.88. The molecule has 0 bridgehead atoms. The maximum Gasteiger partial charge on any atom is 0.360 e. The molecule has 0 aliphatic heterocycles. The molecule has 0 radical (unpaired) electrons. The molecule has 0 amide bonds. The second kappa shape index (κ2) is 5.14. The number of rotatable bonds is 2. The van der Waals surface area contributed by atoms with Gasteiger partial charge in [-0.05, 0) is 30.3 Å². The molecule has 1 heterocycles. The summed E-state index contributed by atoms with van der Waals surface area (Å²) in [6.07, 6.45) is 0. The Balaban J connectivity index is 2.46. The zero-order chi connectivity index (χ0) is 15.7. The maximum atomic E-state index is 12.5. The third-order valence-electron chi connectivity index (χ3n) is 3.20. The fraction of sp³-hybridized carbons (Fsp3) is 0. The van der Waals surface area contributed by atoms with Crippen LogP contribution >= 0.6 is 0 Å². The predicted molar refractivity (Wildman–Crippen MR) is 79.0 cm³/mol. The molecule has 0 spiro atoms. The molecule has 3 aromatic rings. The van der Waals surface area contributed by atoms with Crippen LogP contribution in [0.5, 0.6) is 0 Å². The number of nitriles is 1. The van der Waals surface area contributed by atoms with E-state index in [1.807, 2.05) is 6.07 Å². The van der Waals surface area contributed by atoms with Gasteiger partial charge in [0, 0.05) is 0 Å². The minimum Gasteiger partial charge on any atom is -0.476 e. The summed E-state index contributed by atoms with van der Waals surface area (Å²) in [5, 5.41) is 18.2. The van der Waals surface area contributed by atoms with Gasteiger partial charge in [-0.2, -0.15) is 5.26 Å². The van der Waals surface area contributed by atoms with Crippen LogP contribution in [0.1, 0.15) is 16.1 Å². The Bertz CT molecular complexity index is 999. The Hall–Kier alpha value is -3.46. The van der Waals surface area contributed by atoms with Gasteiger partial charge in [-0.1, -0.05) is 18.2 Å². The van der Waals surface area contributed by atoms with E-state index >= 15 is 0 Å². The summed E-state index contributed by atoms with van der Waals surface area (Å²) in [6.45, 7) is 0. The first kappa shape index (κ1) is 13.5. The number of benzene rings is 2. The quantitative estimate of drug-likeness (QED) is 0.778. The fourth-order valence-corrected chi connectivity index (χ4v) is 2.24. The molecule has 0 atom stereocenters. The SMILES string of the molecule is N#Cc1cccc(-n2c(=O)c(C(=O)O)nc3ccccc32)c1. The van der Waals surface area contributed by atoms with E-state index in [2.05, 4.69) is 4.98 Å². The van der Waals surface area contributed by atoms with Gasteiger partial charge < -0.3 is 5.11 Å². The van der Waals surface area contributed by atoms with Crippen LogP contribution in [0.15, 0.2) is 53.3 Å². The van der Waals surface area contributed by atoms with Crippen molar-refractivity contribution < 1.29 is 9.90 Å². The van der Waals surface area contributed by atoms with Crippen LogP contribution in [0, 0.1) is 11.3 Å². The van der Waals surface area contributed by atoms with Crippen molar-refractivity contribution in [3.05, 3.63) is 70.1 Å². The van der Waals surface area contributed by atoms with Gasteiger partial charge in [-0.3, -0.25) is 9.36 Å². The Labute approximate surface area is 124 Å². The van der Waals surface area contributed by atoms with E-state index in [9.17, 15) is 9.59 Å². The zero-order valence-corrected chi connectivity index (χ0v) is 11.2. The molecule has 0 saturated carbocycles. The van der Waals surface area contributed by atoms with Crippen LogP contribution in [0.4, 0.5) is 0 Å². The zero-order valence-electron chi connectivity index (χ0n) is 11.2. The number of fused-ring (bicyclic) bond motifs is 1. The third kappa shape index (κ3) is 2.11. The Morgan fingerprint density at radius 2 is 1.95 bits per heavy atom. The van der Waals surface area contributed by atoms with Crippen molar-refractivity contribution in [2.75, 3.05) is 0 Å². The Morgan fingerprint density at radius 1 is 1.18 bits per heavy atom. The number of nitrogens with zero attached hydrogens (tertiary/aromatic N) is 3. The lowest BCUT2D eigenvalue weighted by molar-refractivity contribution is 0.0688. The van der Waals surface area contributed by atoms with Crippen molar-refractivity contribution in [1.29, 1.82) is 5.26 Å². The van der Waals surface area contributed by atoms with Crippen molar-refractivity contribution in [3.8, 4) is 11.8 Å². The lowest BCUT2D eigenvalue weighted by Crippen LogP contribution is -2.27. The van der Waals surface area contributed by atoms with Crippen molar-refractivity contribution in [3.63, 3.8) is 0 Å². The first-order valence-corrected chi connectivity index (χ1v) is 6.37. The first-order chi connectivity index (χ1) is 10.6. The summed E-state index contributed by atoms with van der Waals surface area (Å²) in [4.78, 5) is 27.6. The maximum absolute atomic E-state index is 12.5. The molecule has 0 aliphatic rings. The molecular formula is C16H9N3O3. The summed E-state index contributed by atoms with van der Waals surface area (Å²) in [5.74, 6) is -1.39. The molecule has 1 N–H and O–H groups in total. The molecule has 3 rings (SSSR count). The van der Waals surface area contributed by atoms with E-state index in [4.69, 9.17) is 10.4 Å². The molecule has 2 aromatic carbocycles. The largest absolute Gasteiger partial charge is 0.476 e. The van der Waals surface area contributed by atoms with Crippen molar-refractivity contribution in [1.82, 2.24) is 9.55 Å². The van der Waals surface area contributed by atoms with Crippen LogP contribution in [0.25, 0.3) is 16.7 Å². The third-order valence-corrected chi connectivity index (χ3v) is 3.20. The minimum atomic E-state index is -1.39. The van der Waals surface area contributed by atoms with Crippen LogP contribution in [-0.2, 0) is 0 Å². The van der Waals surface area contributed by atoms with Crippen molar-refractivity contribution in [2.24, 2.45) is 0 Å². The lowest BCUT2D eigenvalue weighted by atomic mass is 10.2. The summed E-state index contributed by atoms with van der Waals surface area (Å²) >= 11 is 0. The van der Waals surface area contributed by atoms with Gasteiger partial charge in [0.15, 0.2) is 0 Å². The number of hydrogen-bond acceptors (Lipinski definition) is 4. The predicted octanol–water partition coefficient (Wildman–Crippen LogP) is 1.96. The van der Waals surface area contributed by atoms with Crippen molar-refractivity contribution in [2.45, 2.75) is 0 Å². The molecule has 0 fully saturated rings. The van der Waals surface area contributed by atoms with Gasteiger partial charge in [0.1, 0.15) is 0 Å². The molecule has 6 nitrogen and oxygen atoms in total. The molecule has 1 aromatic heterocycles. The van der Waals surface area contributed by atoms with Crippen LogP contribution in [0.3, 0.4) is 0 Å². The Kier molecular flexibility index (Phi) is 3.16. The monoisotopic (exact) mass is 291 g/mol. The molecule has 0 aliphatic carbocycles. The topological polar surface area (TPSA) is 96.0 Å². The number of para-hydroxylation sites is 2. The van der Waals surface area contributed by atoms with E-state index in [0.29, 0.717) is 22.3 Å². The number of carboxylic acid groups (broad SMARTS) is 1. The van der Waals surface area contributed by atoms with Crippen LogP contribution in [-0.4, -0.2) is 20.6 Å². The summed E-state index contributed by atoms with van der Waals surface area (Å²) in [5.41, 5.74) is 0.379. The molecular weight excluding hydrogens is 282 g/mol. The molecule has 6 heteroatoms. The van der Waals surface area contributed by atoms with Gasteiger partial charge in [0.05, 0.1) is 28.4 Å². The smallest absolute Gasteiger partial charge is 0.360 e. The summed E-state index contributed by atoms with van der Waals surface area (Å²) < 4.78 is 1.26. The highest BCUT2D eigenvalue weighted by Gasteiger charge is 2.17. The number of carboxylic acids is 1. The highest BCUT2D eigenvalue weighted by Crippen LogP contribution is 2.16. The Morgan fingerprint density at radius 3 is 2.68 bits per heavy atom. The van der Waals surface area contributed by atoms with E-state index < -0.39 is 17.2 Å². The van der Waals surface area contributed by atoms with Crippen LogP contribution < -0.4 is 5.56 Å². The van der Waals surface area contributed by atoms with Crippen molar-refractivity contribution >= 4 is 17.0 Å². The van der Waals surface area contributed by atoms with Crippen LogP contribution in [0.2, 0.25) is 0 Å². The van der Waals surface area contributed by atoms with Gasteiger partial charge >= 0.3 is 5.97 Å². The van der Waals surface area contributed by atoms with E-state index in [-0.39, 0.29) is 0 Å². The van der Waals surface area contributed by atoms with Gasteiger partial charge in [0.2, 0.25) is 5.69 Å². The second-order valence-corrected chi connectivity index (χ2v) is 4.56. The number of carbonyl (C=O) groups is 1. The average Bonchev–Trinajstić information content (AvgIpc) is 2.54. The standard InChI is InChI=1S/C16H9N3O3/c17-9-10-4-3-5-11(8-10)19-13-7-2-1-6-12(13)18-14(15(19)20)16(21)22/h1-8H,(H,21,22). The average molecular weight is 291 g/mol. The lowest BCUT2D eigenvalue weighted by Gasteiger charge is -2.11. The molecule has 0 saturated heterocycles. The minimum absolute atomic E-state index is 0.377. The van der Waals surface area contributed by atoms with Gasteiger partial charge in [-0.25, -0.2) is 9.78 Å².